The lowest BCUT2D eigenvalue weighted by Crippen LogP contribution is -2.46. The SMILES string of the molecule is N#Cc1cccc(C(=O)N(Cc2ccco2)C2CCN(Cc3ccccc3OC(F)F)CC2)c1. The van der Waals surface area contributed by atoms with E-state index in [9.17, 15) is 18.8 Å². The largest absolute Gasteiger partial charge is 0.467 e. The van der Waals surface area contributed by atoms with E-state index in [0.29, 0.717) is 48.6 Å². The molecule has 0 saturated carbocycles. The molecule has 176 valence electrons. The smallest absolute Gasteiger partial charge is 0.387 e. The molecule has 1 saturated heterocycles. The van der Waals surface area contributed by atoms with E-state index in [0.717, 1.165) is 12.8 Å². The van der Waals surface area contributed by atoms with Crippen LogP contribution in [0, 0.1) is 11.3 Å². The number of hydrogen-bond acceptors (Lipinski definition) is 5. The number of nitriles is 1. The van der Waals surface area contributed by atoms with Gasteiger partial charge in [0.25, 0.3) is 5.91 Å². The molecular formula is C26H25F2N3O3. The predicted molar refractivity (Wildman–Crippen MR) is 121 cm³/mol. The molecule has 4 rings (SSSR count). The van der Waals surface area contributed by atoms with Gasteiger partial charge >= 0.3 is 6.61 Å². The van der Waals surface area contributed by atoms with Gasteiger partial charge in [-0.3, -0.25) is 9.69 Å². The van der Waals surface area contributed by atoms with E-state index in [1.54, 1.807) is 65.8 Å². The summed E-state index contributed by atoms with van der Waals surface area (Å²) in [7, 11) is 0. The van der Waals surface area contributed by atoms with Crippen LogP contribution in [0.15, 0.2) is 71.3 Å². The number of ether oxygens (including phenoxy) is 1. The molecule has 0 bridgehead atoms. The third kappa shape index (κ3) is 5.80. The predicted octanol–water partition coefficient (Wildman–Crippen LogP) is 5.06. The zero-order chi connectivity index (χ0) is 23.9. The van der Waals surface area contributed by atoms with Crippen molar-refractivity contribution in [2.75, 3.05) is 13.1 Å². The van der Waals surface area contributed by atoms with Crippen LogP contribution in [0.5, 0.6) is 5.75 Å². The molecule has 2 heterocycles. The second-order valence-electron chi connectivity index (χ2n) is 8.20. The van der Waals surface area contributed by atoms with E-state index < -0.39 is 6.61 Å². The Balaban J connectivity index is 1.46. The summed E-state index contributed by atoms with van der Waals surface area (Å²) in [4.78, 5) is 17.4. The number of alkyl halides is 2. The van der Waals surface area contributed by atoms with Gasteiger partial charge in [0.2, 0.25) is 0 Å². The standard InChI is InChI=1S/C26H25F2N3O3/c27-26(28)34-24-9-2-1-6-21(24)17-30-12-10-22(11-13-30)31(18-23-8-4-14-33-23)25(32)20-7-3-5-19(15-20)16-29/h1-9,14-15,22,26H,10-13,17-18H2. The van der Waals surface area contributed by atoms with Gasteiger partial charge in [-0.1, -0.05) is 24.3 Å². The Bertz CT molecular complexity index is 1140. The minimum atomic E-state index is -2.87. The molecule has 0 unspecified atom stereocenters. The van der Waals surface area contributed by atoms with E-state index in [1.807, 2.05) is 6.07 Å². The molecule has 8 heteroatoms. The first-order valence-electron chi connectivity index (χ1n) is 11.1. The van der Waals surface area contributed by atoms with E-state index in [4.69, 9.17) is 4.42 Å². The molecule has 1 aliphatic rings. The fourth-order valence-electron chi connectivity index (χ4n) is 4.30. The second-order valence-corrected chi connectivity index (χ2v) is 8.20. The van der Waals surface area contributed by atoms with Crippen LogP contribution in [-0.2, 0) is 13.1 Å². The second kappa shape index (κ2) is 10.9. The van der Waals surface area contributed by atoms with Crippen molar-refractivity contribution < 1.29 is 22.7 Å². The monoisotopic (exact) mass is 465 g/mol. The van der Waals surface area contributed by atoms with Crippen molar-refractivity contribution in [3.63, 3.8) is 0 Å². The lowest BCUT2D eigenvalue weighted by atomic mass is 10.0. The van der Waals surface area contributed by atoms with Crippen LogP contribution in [-0.4, -0.2) is 41.4 Å². The number of rotatable bonds is 8. The first-order chi connectivity index (χ1) is 16.5. The van der Waals surface area contributed by atoms with Gasteiger partial charge in [0.05, 0.1) is 24.4 Å². The number of likely N-dealkylation sites (tertiary alicyclic amines) is 1. The number of amides is 1. The number of hydrogen-bond donors (Lipinski definition) is 0. The summed E-state index contributed by atoms with van der Waals surface area (Å²) < 4.78 is 35.6. The molecule has 0 N–H and O–H groups in total. The molecule has 1 amide bonds. The Labute approximate surface area is 197 Å². The van der Waals surface area contributed by atoms with Gasteiger partial charge in [-0.2, -0.15) is 14.0 Å². The number of benzene rings is 2. The fourth-order valence-corrected chi connectivity index (χ4v) is 4.30. The Hall–Kier alpha value is -3.70. The van der Waals surface area contributed by atoms with E-state index in [1.165, 1.54) is 0 Å². The zero-order valence-electron chi connectivity index (χ0n) is 18.6. The third-order valence-electron chi connectivity index (χ3n) is 5.99. The number of furan rings is 1. The van der Waals surface area contributed by atoms with Crippen LogP contribution < -0.4 is 4.74 Å². The summed E-state index contributed by atoms with van der Waals surface area (Å²) in [6.07, 6.45) is 3.03. The van der Waals surface area contributed by atoms with Crippen molar-refractivity contribution in [3.05, 3.63) is 89.4 Å². The highest BCUT2D eigenvalue weighted by Gasteiger charge is 2.30. The summed E-state index contributed by atoms with van der Waals surface area (Å²) in [5.74, 6) is 0.722. The number of halogens is 2. The van der Waals surface area contributed by atoms with Crippen molar-refractivity contribution in [2.24, 2.45) is 0 Å². The lowest BCUT2D eigenvalue weighted by molar-refractivity contribution is -0.0508. The maximum Gasteiger partial charge on any atom is 0.387 e. The number of para-hydroxylation sites is 1. The van der Waals surface area contributed by atoms with Gasteiger partial charge in [-0.15, -0.1) is 0 Å². The van der Waals surface area contributed by atoms with Crippen LogP contribution in [0.2, 0.25) is 0 Å². The summed E-state index contributed by atoms with van der Waals surface area (Å²) in [6, 6.07) is 19.2. The normalized spacial score (nSPS) is 14.6. The van der Waals surface area contributed by atoms with Crippen molar-refractivity contribution in [3.8, 4) is 11.8 Å². The van der Waals surface area contributed by atoms with Crippen LogP contribution in [0.1, 0.15) is 40.1 Å². The number of carbonyl (C=O) groups is 1. The topological polar surface area (TPSA) is 69.7 Å². The average Bonchev–Trinajstić information content (AvgIpc) is 3.37. The molecule has 0 radical (unpaired) electrons. The maximum atomic E-state index is 13.4. The Kier molecular flexibility index (Phi) is 7.55. The van der Waals surface area contributed by atoms with E-state index >= 15 is 0 Å². The highest BCUT2D eigenvalue weighted by atomic mass is 19.3. The summed E-state index contributed by atoms with van der Waals surface area (Å²) >= 11 is 0. The van der Waals surface area contributed by atoms with E-state index in [2.05, 4.69) is 15.7 Å². The molecule has 0 spiro atoms. The maximum absolute atomic E-state index is 13.4. The summed E-state index contributed by atoms with van der Waals surface area (Å²) in [5, 5.41) is 9.21. The Morgan fingerprint density at radius 1 is 1.15 bits per heavy atom. The van der Waals surface area contributed by atoms with Crippen LogP contribution in [0.4, 0.5) is 8.78 Å². The highest BCUT2D eigenvalue weighted by molar-refractivity contribution is 5.94. The highest BCUT2D eigenvalue weighted by Crippen LogP contribution is 2.26. The van der Waals surface area contributed by atoms with Crippen LogP contribution in [0.3, 0.4) is 0 Å². The fraction of sp³-hybridized carbons (Fsp3) is 0.308. The minimum Gasteiger partial charge on any atom is -0.467 e. The molecule has 1 aromatic heterocycles. The van der Waals surface area contributed by atoms with Crippen molar-refractivity contribution >= 4 is 5.91 Å². The van der Waals surface area contributed by atoms with Crippen molar-refractivity contribution in [1.29, 1.82) is 5.26 Å². The number of nitrogens with zero attached hydrogens (tertiary/aromatic N) is 3. The molecule has 0 aliphatic carbocycles. The van der Waals surface area contributed by atoms with Crippen molar-refractivity contribution in [2.45, 2.75) is 38.6 Å². The molecule has 3 aromatic rings. The molecule has 1 fully saturated rings. The lowest BCUT2D eigenvalue weighted by Gasteiger charge is -2.38. The summed E-state index contributed by atoms with van der Waals surface area (Å²) in [5.41, 5.74) is 1.60. The Morgan fingerprint density at radius 3 is 2.65 bits per heavy atom. The van der Waals surface area contributed by atoms with Gasteiger partial charge in [-0.05, 0) is 49.2 Å². The molecular weight excluding hydrogens is 440 g/mol. The van der Waals surface area contributed by atoms with Gasteiger partial charge in [0.1, 0.15) is 11.5 Å². The summed E-state index contributed by atoms with van der Waals surface area (Å²) in [6.45, 7) is -0.640. The minimum absolute atomic E-state index is 0.0212. The van der Waals surface area contributed by atoms with Crippen LogP contribution >= 0.6 is 0 Å². The molecule has 0 atom stereocenters. The number of piperidine rings is 1. The van der Waals surface area contributed by atoms with Gasteiger partial charge in [0.15, 0.2) is 0 Å². The molecule has 6 nitrogen and oxygen atoms in total. The van der Waals surface area contributed by atoms with E-state index in [-0.39, 0.29) is 17.7 Å². The molecule has 1 aliphatic heterocycles. The molecule has 2 aromatic carbocycles. The van der Waals surface area contributed by atoms with Gasteiger partial charge in [-0.25, -0.2) is 0 Å². The van der Waals surface area contributed by atoms with Gasteiger partial charge < -0.3 is 14.1 Å². The average molecular weight is 466 g/mol. The first kappa shape index (κ1) is 23.5. The zero-order valence-corrected chi connectivity index (χ0v) is 18.6. The molecule has 34 heavy (non-hydrogen) atoms. The Morgan fingerprint density at radius 2 is 1.94 bits per heavy atom. The quantitative estimate of drug-likeness (QED) is 0.465. The number of carbonyl (C=O) groups excluding carboxylic acids is 1. The first-order valence-corrected chi connectivity index (χ1v) is 11.1. The van der Waals surface area contributed by atoms with Gasteiger partial charge in [0, 0.05) is 36.8 Å². The van der Waals surface area contributed by atoms with Crippen molar-refractivity contribution in [1.82, 2.24) is 9.80 Å². The third-order valence-corrected chi connectivity index (χ3v) is 5.99. The van der Waals surface area contributed by atoms with Crippen LogP contribution in [0.25, 0.3) is 0 Å².